The Labute approximate surface area is 123 Å². The van der Waals surface area contributed by atoms with Crippen LogP contribution in [-0.4, -0.2) is 30.0 Å². The van der Waals surface area contributed by atoms with E-state index < -0.39 is 0 Å². The number of hydrogen-bond donors (Lipinski definition) is 1. The number of rotatable bonds is 4. The highest BCUT2D eigenvalue weighted by Gasteiger charge is 2.04. The molecular formula is C12H12BrN7. The number of aryl methyl sites for hydroxylation is 1. The number of benzene rings is 1. The Morgan fingerprint density at radius 3 is 2.75 bits per heavy atom. The second-order valence-electron chi connectivity index (χ2n) is 4.25. The largest absolute Gasteiger partial charge is 0.349 e. The predicted molar refractivity (Wildman–Crippen MR) is 77.4 cm³/mol. The maximum Gasteiger partial charge on any atom is 0.242 e. The minimum atomic E-state index is 0.616. The highest BCUT2D eigenvalue weighted by atomic mass is 79.9. The Hall–Kier alpha value is -2.22. The first kappa shape index (κ1) is 12.8. The molecule has 0 saturated carbocycles. The zero-order valence-electron chi connectivity index (χ0n) is 10.7. The first-order valence-electron chi connectivity index (χ1n) is 5.98. The molecule has 7 nitrogen and oxygen atoms in total. The Morgan fingerprint density at radius 2 is 2.05 bits per heavy atom. The molecule has 0 aliphatic carbocycles. The molecule has 3 rings (SSSR count). The van der Waals surface area contributed by atoms with Gasteiger partial charge in [-0.05, 0) is 34.7 Å². The first-order chi connectivity index (χ1) is 9.72. The Kier molecular flexibility index (Phi) is 3.46. The molecule has 3 aromatic rings. The minimum absolute atomic E-state index is 0.616. The van der Waals surface area contributed by atoms with E-state index in [1.54, 1.807) is 11.7 Å². The van der Waals surface area contributed by atoms with Gasteiger partial charge in [0.15, 0.2) is 0 Å². The summed E-state index contributed by atoms with van der Waals surface area (Å²) < 4.78 is 4.46. The third-order valence-electron chi connectivity index (χ3n) is 2.80. The predicted octanol–water partition coefficient (Wildman–Crippen LogP) is 1.77. The summed E-state index contributed by atoms with van der Waals surface area (Å²) in [5, 5.41) is 18.7. The van der Waals surface area contributed by atoms with Crippen molar-refractivity contribution in [1.82, 2.24) is 30.0 Å². The summed E-state index contributed by atoms with van der Waals surface area (Å²) >= 11 is 3.42. The van der Waals surface area contributed by atoms with Gasteiger partial charge in [-0.3, -0.25) is 0 Å². The molecule has 0 unspecified atom stereocenters. The smallest absolute Gasteiger partial charge is 0.242 e. The SMILES string of the molecule is Cn1nnnc1NCc1cnn(-c2ccc(Br)cc2)c1. The van der Waals surface area contributed by atoms with Gasteiger partial charge in [0.05, 0.1) is 11.9 Å². The topological polar surface area (TPSA) is 73.5 Å². The lowest BCUT2D eigenvalue weighted by Gasteiger charge is -2.02. The fraction of sp³-hybridized carbons (Fsp3) is 0.167. The molecule has 20 heavy (non-hydrogen) atoms. The zero-order valence-corrected chi connectivity index (χ0v) is 12.3. The standard InChI is InChI=1S/C12H12BrN7/c1-19-12(16-17-18-19)14-6-9-7-15-20(8-9)11-4-2-10(13)3-5-11/h2-5,7-8H,6H2,1H3,(H,14,16,18). The van der Waals surface area contributed by atoms with Crippen LogP contribution in [0, 0.1) is 0 Å². The quantitative estimate of drug-likeness (QED) is 0.787. The van der Waals surface area contributed by atoms with Gasteiger partial charge in [0.2, 0.25) is 5.95 Å². The number of tetrazole rings is 1. The molecule has 0 spiro atoms. The molecule has 2 heterocycles. The lowest BCUT2D eigenvalue weighted by Crippen LogP contribution is -2.05. The maximum absolute atomic E-state index is 4.34. The fourth-order valence-electron chi connectivity index (χ4n) is 1.75. The summed E-state index contributed by atoms with van der Waals surface area (Å²) in [6.07, 6.45) is 3.79. The fourth-order valence-corrected chi connectivity index (χ4v) is 2.01. The molecule has 0 aliphatic rings. The van der Waals surface area contributed by atoms with Crippen molar-refractivity contribution in [3.8, 4) is 5.69 Å². The van der Waals surface area contributed by atoms with Gasteiger partial charge in [-0.15, -0.1) is 0 Å². The van der Waals surface area contributed by atoms with Crippen LogP contribution in [-0.2, 0) is 13.6 Å². The number of hydrogen-bond acceptors (Lipinski definition) is 5. The van der Waals surface area contributed by atoms with Crippen LogP contribution in [0.25, 0.3) is 5.69 Å². The van der Waals surface area contributed by atoms with E-state index in [2.05, 4.69) is 41.9 Å². The van der Waals surface area contributed by atoms with E-state index in [4.69, 9.17) is 0 Å². The van der Waals surface area contributed by atoms with Crippen molar-refractivity contribution in [1.29, 1.82) is 0 Å². The summed E-state index contributed by atoms with van der Waals surface area (Å²) in [7, 11) is 1.79. The van der Waals surface area contributed by atoms with Crippen LogP contribution in [0.3, 0.4) is 0 Å². The van der Waals surface area contributed by atoms with E-state index in [1.807, 2.05) is 41.3 Å². The van der Waals surface area contributed by atoms with E-state index in [0.717, 1.165) is 15.7 Å². The van der Waals surface area contributed by atoms with Gasteiger partial charge in [0.25, 0.3) is 0 Å². The van der Waals surface area contributed by atoms with Crippen LogP contribution in [0.15, 0.2) is 41.1 Å². The third kappa shape index (κ3) is 2.69. The molecule has 0 amide bonds. The van der Waals surface area contributed by atoms with Gasteiger partial charge >= 0.3 is 0 Å². The molecule has 2 aromatic heterocycles. The van der Waals surface area contributed by atoms with Crippen LogP contribution >= 0.6 is 15.9 Å². The van der Waals surface area contributed by atoms with Gasteiger partial charge < -0.3 is 5.32 Å². The lowest BCUT2D eigenvalue weighted by atomic mass is 10.3. The first-order valence-corrected chi connectivity index (χ1v) is 6.77. The highest BCUT2D eigenvalue weighted by molar-refractivity contribution is 9.10. The second-order valence-corrected chi connectivity index (χ2v) is 5.16. The van der Waals surface area contributed by atoms with Crippen molar-refractivity contribution in [2.24, 2.45) is 7.05 Å². The van der Waals surface area contributed by atoms with Crippen molar-refractivity contribution < 1.29 is 0 Å². The van der Waals surface area contributed by atoms with Crippen LogP contribution in [0.5, 0.6) is 0 Å². The van der Waals surface area contributed by atoms with Crippen molar-refractivity contribution in [2.75, 3.05) is 5.32 Å². The monoisotopic (exact) mass is 333 g/mol. The van der Waals surface area contributed by atoms with Crippen molar-refractivity contribution in [2.45, 2.75) is 6.54 Å². The summed E-state index contributed by atoms with van der Waals surface area (Å²) in [5.74, 6) is 0.626. The highest BCUT2D eigenvalue weighted by Crippen LogP contribution is 2.14. The van der Waals surface area contributed by atoms with Gasteiger partial charge in [0, 0.05) is 29.8 Å². The second kappa shape index (κ2) is 5.41. The summed E-state index contributed by atoms with van der Waals surface area (Å²) in [5.41, 5.74) is 2.07. The van der Waals surface area contributed by atoms with Gasteiger partial charge in [-0.2, -0.15) is 5.10 Å². The van der Waals surface area contributed by atoms with E-state index in [9.17, 15) is 0 Å². The summed E-state index contributed by atoms with van der Waals surface area (Å²) in [4.78, 5) is 0. The van der Waals surface area contributed by atoms with E-state index in [0.29, 0.717) is 12.5 Å². The Morgan fingerprint density at radius 1 is 1.25 bits per heavy atom. The molecule has 0 radical (unpaired) electrons. The molecule has 0 fully saturated rings. The third-order valence-corrected chi connectivity index (χ3v) is 3.33. The maximum atomic E-state index is 4.34. The Balaban J connectivity index is 1.71. The van der Waals surface area contributed by atoms with Crippen molar-refractivity contribution in [3.63, 3.8) is 0 Å². The lowest BCUT2D eigenvalue weighted by molar-refractivity contribution is 0.712. The number of anilines is 1. The molecule has 0 aliphatic heterocycles. The summed E-state index contributed by atoms with van der Waals surface area (Å²) in [6, 6.07) is 7.97. The van der Waals surface area contributed by atoms with Crippen molar-refractivity contribution in [3.05, 3.63) is 46.7 Å². The molecule has 0 saturated heterocycles. The average Bonchev–Trinajstić information content (AvgIpc) is 3.06. The molecule has 102 valence electrons. The van der Waals surface area contributed by atoms with Crippen LogP contribution < -0.4 is 5.32 Å². The van der Waals surface area contributed by atoms with Gasteiger partial charge in [0.1, 0.15) is 0 Å². The van der Waals surface area contributed by atoms with E-state index >= 15 is 0 Å². The van der Waals surface area contributed by atoms with Crippen LogP contribution in [0.1, 0.15) is 5.56 Å². The molecule has 1 N–H and O–H groups in total. The molecule has 0 bridgehead atoms. The summed E-state index contributed by atoms with van der Waals surface area (Å²) in [6.45, 7) is 0.616. The zero-order chi connectivity index (χ0) is 13.9. The molecular weight excluding hydrogens is 322 g/mol. The van der Waals surface area contributed by atoms with Gasteiger partial charge in [-0.25, -0.2) is 9.36 Å². The number of nitrogens with one attached hydrogen (secondary N) is 1. The van der Waals surface area contributed by atoms with Crippen LogP contribution in [0.2, 0.25) is 0 Å². The minimum Gasteiger partial charge on any atom is -0.349 e. The van der Waals surface area contributed by atoms with E-state index in [1.165, 1.54) is 0 Å². The molecule has 8 heteroatoms. The molecule has 0 atom stereocenters. The average molecular weight is 334 g/mol. The number of halogens is 1. The van der Waals surface area contributed by atoms with Crippen molar-refractivity contribution >= 4 is 21.9 Å². The number of nitrogens with zero attached hydrogens (tertiary/aromatic N) is 6. The molecule has 1 aromatic carbocycles. The van der Waals surface area contributed by atoms with Crippen LogP contribution in [0.4, 0.5) is 5.95 Å². The number of aromatic nitrogens is 6. The van der Waals surface area contributed by atoms with E-state index in [-0.39, 0.29) is 0 Å². The normalized spacial score (nSPS) is 10.7. The van der Waals surface area contributed by atoms with Gasteiger partial charge in [-0.1, -0.05) is 21.0 Å². The Bertz CT molecular complexity index is 701.